The number of carbonyl (C=O) groups excluding carboxylic acids is 1. The molecule has 5 nitrogen and oxygen atoms in total. The van der Waals surface area contributed by atoms with Crippen LogP contribution in [0, 0.1) is 6.92 Å². The number of hydrogen-bond donors (Lipinski definition) is 1. The number of benzene rings is 3. The third-order valence-electron chi connectivity index (χ3n) is 4.23. The molecule has 0 aliphatic rings. The molecule has 0 unspecified atom stereocenters. The molecule has 0 fully saturated rings. The number of sulfonamides is 1. The Kier molecular flexibility index (Phi) is 6.25. The standard InChI is InChI=1S/C22H20ClNO4S/c1-3-28-18-9-6-16(7-10-18)22(25)17-8-13-20(23)21(14-17)24-29(26,27)19-11-4-15(2)5-12-19/h4-14,24H,3H2,1-2H3. The number of ether oxygens (including phenoxy) is 1. The maximum Gasteiger partial charge on any atom is 0.261 e. The van der Waals surface area contributed by atoms with Crippen LogP contribution >= 0.6 is 11.6 Å². The molecule has 0 atom stereocenters. The number of halogens is 1. The Morgan fingerprint density at radius 2 is 1.59 bits per heavy atom. The van der Waals surface area contributed by atoms with E-state index in [1.165, 1.54) is 24.3 Å². The molecule has 0 aliphatic heterocycles. The summed E-state index contributed by atoms with van der Waals surface area (Å²) in [7, 11) is -3.83. The summed E-state index contributed by atoms with van der Waals surface area (Å²) in [5.41, 5.74) is 1.87. The zero-order valence-electron chi connectivity index (χ0n) is 16.0. The molecule has 0 aromatic heterocycles. The molecule has 3 aromatic carbocycles. The number of nitrogens with one attached hydrogen (secondary N) is 1. The molecular weight excluding hydrogens is 410 g/mol. The van der Waals surface area contributed by atoms with E-state index in [1.807, 2.05) is 13.8 Å². The summed E-state index contributed by atoms with van der Waals surface area (Å²) in [5, 5.41) is 0.198. The first-order valence-electron chi connectivity index (χ1n) is 8.97. The fourth-order valence-corrected chi connectivity index (χ4v) is 3.99. The molecule has 3 aromatic rings. The molecule has 29 heavy (non-hydrogen) atoms. The Labute approximate surface area is 175 Å². The summed E-state index contributed by atoms with van der Waals surface area (Å²) in [6.45, 7) is 4.29. The minimum absolute atomic E-state index is 0.113. The summed E-state index contributed by atoms with van der Waals surface area (Å²) < 4.78 is 33.1. The highest BCUT2D eigenvalue weighted by Gasteiger charge is 2.18. The summed E-state index contributed by atoms with van der Waals surface area (Å²) in [5.74, 6) is 0.423. The Hall–Kier alpha value is -2.83. The third-order valence-corrected chi connectivity index (χ3v) is 5.94. The van der Waals surface area contributed by atoms with E-state index >= 15 is 0 Å². The fraction of sp³-hybridized carbons (Fsp3) is 0.136. The molecule has 0 heterocycles. The van der Waals surface area contributed by atoms with E-state index in [4.69, 9.17) is 16.3 Å². The van der Waals surface area contributed by atoms with E-state index < -0.39 is 10.0 Å². The topological polar surface area (TPSA) is 72.5 Å². The van der Waals surface area contributed by atoms with Crippen molar-refractivity contribution in [2.45, 2.75) is 18.7 Å². The van der Waals surface area contributed by atoms with Crippen molar-refractivity contribution in [2.24, 2.45) is 0 Å². The average molecular weight is 430 g/mol. The van der Waals surface area contributed by atoms with Gasteiger partial charge in [-0.3, -0.25) is 9.52 Å². The van der Waals surface area contributed by atoms with Gasteiger partial charge in [-0.25, -0.2) is 8.42 Å². The quantitative estimate of drug-likeness (QED) is 0.531. The summed E-state index contributed by atoms with van der Waals surface area (Å²) in [4.78, 5) is 12.9. The molecule has 7 heteroatoms. The normalized spacial score (nSPS) is 11.1. The van der Waals surface area contributed by atoms with Gasteiger partial charge < -0.3 is 4.74 Å². The van der Waals surface area contributed by atoms with Crippen molar-refractivity contribution >= 4 is 33.1 Å². The van der Waals surface area contributed by atoms with Crippen LogP contribution in [-0.2, 0) is 10.0 Å². The minimum atomic E-state index is -3.83. The summed E-state index contributed by atoms with van der Waals surface area (Å²) in [6.07, 6.45) is 0. The van der Waals surface area contributed by atoms with Gasteiger partial charge in [0, 0.05) is 11.1 Å². The molecule has 0 bridgehead atoms. The number of ketones is 1. The van der Waals surface area contributed by atoms with Crippen LogP contribution in [0.1, 0.15) is 28.4 Å². The Morgan fingerprint density at radius 3 is 2.21 bits per heavy atom. The second-order valence-corrected chi connectivity index (χ2v) is 8.49. The fourth-order valence-electron chi connectivity index (χ4n) is 2.70. The van der Waals surface area contributed by atoms with Crippen molar-refractivity contribution in [3.8, 4) is 5.75 Å². The predicted molar refractivity (Wildman–Crippen MR) is 114 cm³/mol. The number of rotatable bonds is 7. The highest BCUT2D eigenvalue weighted by molar-refractivity contribution is 7.92. The number of hydrogen-bond acceptors (Lipinski definition) is 4. The van der Waals surface area contributed by atoms with Gasteiger partial charge in [0.05, 0.1) is 22.2 Å². The minimum Gasteiger partial charge on any atom is -0.494 e. The van der Waals surface area contributed by atoms with Crippen molar-refractivity contribution in [1.29, 1.82) is 0 Å². The van der Waals surface area contributed by atoms with Gasteiger partial charge in [0.15, 0.2) is 5.78 Å². The van der Waals surface area contributed by atoms with Crippen molar-refractivity contribution in [3.05, 3.63) is 88.4 Å². The first kappa shape index (κ1) is 20.9. The van der Waals surface area contributed by atoms with Gasteiger partial charge in [0.25, 0.3) is 10.0 Å². The third kappa shape index (κ3) is 4.96. The monoisotopic (exact) mass is 429 g/mol. The number of anilines is 1. The van der Waals surface area contributed by atoms with E-state index in [1.54, 1.807) is 42.5 Å². The maximum atomic E-state index is 12.8. The van der Waals surface area contributed by atoms with Gasteiger partial charge in [-0.15, -0.1) is 0 Å². The van der Waals surface area contributed by atoms with Gasteiger partial charge in [0.2, 0.25) is 0 Å². The van der Waals surface area contributed by atoms with Crippen molar-refractivity contribution in [2.75, 3.05) is 11.3 Å². The Morgan fingerprint density at radius 1 is 0.966 bits per heavy atom. The molecule has 0 aliphatic carbocycles. The highest BCUT2D eigenvalue weighted by atomic mass is 35.5. The van der Waals surface area contributed by atoms with E-state index in [2.05, 4.69) is 4.72 Å². The van der Waals surface area contributed by atoms with Crippen molar-refractivity contribution in [1.82, 2.24) is 0 Å². The van der Waals surface area contributed by atoms with Crippen molar-refractivity contribution < 1.29 is 17.9 Å². The molecule has 0 amide bonds. The van der Waals surface area contributed by atoms with E-state index in [9.17, 15) is 13.2 Å². The van der Waals surface area contributed by atoms with Crippen LogP contribution < -0.4 is 9.46 Å². The Balaban J connectivity index is 1.87. The molecule has 0 radical (unpaired) electrons. The average Bonchev–Trinajstić information content (AvgIpc) is 2.70. The summed E-state index contributed by atoms with van der Waals surface area (Å²) >= 11 is 6.17. The largest absolute Gasteiger partial charge is 0.494 e. The van der Waals surface area contributed by atoms with Crippen LogP contribution in [0.2, 0.25) is 5.02 Å². The van der Waals surface area contributed by atoms with Crippen LogP contribution in [-0.4, -0.2) is 20.8 Å². The first-order chi connectivity index (χ1) is 13.8. The second-order valence-electron chi connectivity index (χ2n) is 6.40. The lowest BCUT2D eigenvalue weighted by atomic mass is 10.0. The van der Waals surface area contributed by atoms with E-state index in [0.29, 0.717) is 23.5 Å². The molecule has 0 saturated heterocycles. The second kappa shape index (κ2) is 8.68. The molecule has 0 saturated carbocycles. The van der Waals surface area contributed by atoms with Crippen LogP contribution in [0.3, 0.4) is 0 Å². The lowest BCUT2D eigenvalue weighted by Crippen LogP contribution is -2.14. The van der Waals surface area contributed by atoms with Crippen molar-refractivity contribution in [3.63, 3.8) is 0 Å². The molecule has 150 valence electrons. The van der Waals surface area contributed by atoms with Gasteiger partial charge in [-0.1, -0.05) is 29.3 Å². The first-order valence-corrected chi connectivity index (χ1v) is 10.8. The summed E-state index contributed by atoms with van der Waals surface area (Å²) in [6, 6.07) is 17.7. The lowest BCUT2D eigenvalue weighted by molar-refractivity contribution is 0.103. The van der Waals surface area contributed by atoms with Gasteiger partial charge in [-0.2, -0.15) is 0 Å². The zero-order valence-corrected chi connectivity index (χ0v) is 17.5. The van der Waals surface area contributed by atoms with Crippen LogP contribution in [0.25, 0.3) is 0 Å². The zero-order chi connectivity index (χ0) is 21.0. The smallest absolute Gasteiger partial charge is 0.261 e. The maximum absolute atomic E-state index is 12.8. The van der Waals surface area contributed by atoms with E-state index in [0.717, 1.165) is 5.56 Å². The van der Waals surface area contributed by atoms with E-state index in [-0.39, 0.29) is 21.4 Å². The molecular formula is C22H20ClNO4S. The van der Waals surface area contributed by atoms with Gasteiger partial charge >= 0.3 is 0 Å². The van der Waals surface area contributed by atoms with Crippen LogP contribution in [0.15, 0.2) is 71.6 Å². The predicted octanol–water partition coefficient (Wildman–Crippen LogP) is 5.08. The van der Waals surface area contributed by atoms with Crippen LogP contribution in [0.5, 0.6) is 5.75 Å². The molecule has 1 N–H and O–H groups in total. The van der Waals surface area contributed by atoms with Crippen LogP contribution in [0.4, 0.5) is 5.69 Å². The Bertz CT molecular complexity index is 1120. The van der Waals surface area contributed by atoms with Gasteiger partial charge in [0.1, 0.15) is 5.75 Å². The number of aryl methyl sites for hydroxylation is 1. The number of carbonyl (C=O) groups is 1. The SMILES string of the molecule is CCOc1ccc(C(=O)c2ccc(Cl)c(NS(=O)(=O)c3ccc(C)cc3)c2)cc1. The molecule has 3 rings (SSSR count). The lowest BCUT2D eigenvalue weighted by Gasteiger charge is -2.12. The highest BCUT2D eigenvalue weighted by Crippen LogP contribution is 2.27. The van der Waals surface area contributed by atoms with Gasteiger partial charge in [-0.05, 0) is 68.4 Å². The molecule has 0 spiro atoms.